The molecule has 0 radical (unpaired) electrons. The Kier molecular flexibility index (Phi) is 10.5. The van der Waals surface area contributed by atoms with Gasteiger partial charge in [0.2, 0.25) is 35.1 Å². The number of ether oxygens (including phenoxy) is 9. The van der Waals surface area contributed by atoms with E-state index in [9.17, 15) is 0 Å². The van der Waals surface area contributed by atoms with Crippen molar-refractivity contribution in [3.63, 3.8) is 0 Å². The van der Waals surface area contributed by atoms with Crippen molar-refractivity contribution in [2.24, 2.45) is 0 Å². The molecule has 0 amide bonds. The van der Waals surface area contributed by atoms with Crippen LogP contribution in [-0.4, -0.2) is 78.9 Å². The maximum atomic E-state index is 5.50. The monoisotopic (exact) mass is 624 g/mol. The summed E-state index contributed by atoms with van der Waals surface area (Å²) in [5.41, 5.74) is 1.69. The van der Waals surface area contributed by atoms with Gasteiger partial charge in [0.1, 0.15) is 0 Å². The fraction of sp³-hybridized carbons (Fsp3) is 0.300. The van der Waals surface area contributed by atoms with Crippen LogP contribution in [0.2, 0.25) is 0 Å². The highest BCUT2D eigenvalue weighted by molar-refractivity contribution is 5.70. The van der Waals surface area contributed by atoms with Crippen LogP contribution in [0, 0.1) is 0 Å². The number of hydrogen-bond donors (Lipinski definition) is 3. The molecule has 1 heterocycles. The average Bonchev–Trinajstić information content (AvgIpc) is 3.06. The van der Waals surface area contributed by atoms with Gasteiger partial charge in [0, 0.05) is 53.5 Å². The van der Waals surface area contributed by atoms with Gasteiger partial charge in [-0.1, -0.05) is 0 Å². The van der Waals surface area contributed by atoms with Crippen molar-refractivity contribution in [3.8, 4) is 51.7 Å². The number of hydrogen-bond acceptors (Lipinski definition) is 15. The summed E-state index contributed by atoms with van der Waals surface area (Å²) in [5.74, 6) is 4.54. The Morgan fingerprint density at radius 2 is 0.533 bits per heavy atom. The minimum Gasteiger partial charge on any atom is -0.493 e. The SMILES string of the molecule is COc1cc(Nc2nc(Nc3cc(OC)c(OC)c(OC)c3)nc(Nc3cc(OC)c(OC)c(OC)c3)n2)cc(OC)c1OC. The predicted molar refractivity (Wildman–Crippen MR) is 168 cm³/mol. The van der Waals surface area contributed by atoms with E-state index in [-0.39, 0.29) is 17.8 Å². The van der Waals surface area contributed by atoms with Crippen molar-refractivity contribution in [1.82, 2.24) is 15.0 Å². The average molecular weight is 625 g/mol. The highest BCUT2D eigenvalue weighted by Gasteiger charge is 2.18. The Morgan fingerprint density at radius 3 is 0.689 bits per heavy atom. The number of methoxy groups -OCH3 is 9. The van der Waals surface area contributed by atoms with Crippen LogP contribution in [0.15, 0.2) is 36.4 Å². The lowest BCUT2D eigenvalue weighted by molar-refractivity contribution is 0.324. The summed E-state index contributed by atoms with van der Waals surface area (Å²) in [5, 5.41) is 9.56. The Labute approximate surface area is 260 Å². The van der Waals surface area contributed by atoms with Gasteiger partial charge in [-0.05, 0) is 0 Å². The molecule has 1 aromatic heterocycles. The molecule has 0 aliphatic heterocycles. The van der Waals surface area contributed by atoms with Crippen LogP contribution in [0.1, 0.15) is 0 Å². The summed E-state index contributed by atoms with van der Waals surface area (Å²) < 4.78 is 49.3. The molecule has 45 heavy (non-hydrogen) atoms. The predicted octanol–water partition coefficient (Wildman–Crippen LogP) is 5.18. The standard InChI is InChI=1S/C30H36N6O9/c1-37-19-10-16(11-20(38-2)25(19)43-7)31-28-34-29(32-17-12-21(39-3)26(44-8)22(13-17)40-4)36-30(35-28)33-18-14-23(41-5)27(45-9)24(15-18)42-6/h10-15H,1-9H3,(H3,31,32,33,34,35,36). The van der Waals surface area contributed by atoms with Crippen molar-refractivity contribution in [3.05, 3.63) is 36.4 Å². The van der Waals surface area contributed by atoms with E-state index >= 15 is 0 Å². The Balaban J connectivity index is 1.80. The summed E-state index contributed by atoms with van der Waals surface area (Å²) in [4.78, 5) is 13.8. The molecule has 0 saturated heterocycles. The Bertz CT molecular complexity index is 1360. The molecule has 3 N–H and O–H groups in total. The van der Waals surface area contributed by atoms with E-state index in [4.69, 9.17) is 42.6 Å². The maximum Gasteiger partial charge on any atom is 0.233 e. The molecule has 0 bridgehead atoms. The van der Waals surface area contributed by atoms with E-state index in [0.717, 1.165) is 0 Å². The normalized spacial score (nSPS) is 10.3. The van der Waals surface area contributed by atoms with E-state index < -0.39 is 0 Å². The Morgan fingerprint density at radius 1 is 0.333 bits per heavy atom. The molecule has 3 aromatic carbocycles. The second kappa shape index (κ2) is 14.6. The molecule has 0 spiro atoms. The zero-order valence-electron chi connectivity index (χ0n) is 26.5. The largest absolute Gasteiger partial charge is 0.493 e. The quantitative estimate of drug-likeness (QED) is 0.159. The van der Waals surface area contributed by atoms with Crippen molar-refractivity contribution in [2.75, 3.05) is 79.9 Å². The van der Waals surface area contributed by atoms with Crippen LogP contribution in [0.25, 0.3) is 0 Å². The first-order valence-electron chi connectivity index (χ1n) is 13.3. The second-order valence-electron chi connectivity index (χ2n) is 8.92. The molecule has 240 valence electrons. The molecule has 0 saturated carbocycles. The Hall–Kier alpha value is -5.73. The van der Waals surface area contributed by atoms with Gasteiger partial charge >= 0.3 is 0 Å². The fourth-order valence-corrected chi connectivity index (χ4v) is 4.39. The molecule has 4 aromatic rings. The smallest absolute Gasteiger partial charge is 0.233 e. The number of nitrogens with zero attached hydrogens (tertiary/aromatic N) is 3. The van der Waals surface area contributed by atoms with E-state index in [1.165, 1.54) is 64.0 Å². The molecule has 15 heteroatoms. The number of aromatic nitrogens is 3. The highest BCUT2D eigenvalue weighted by Crippen LogP contribution is 2.43. The van der Waals surface area contributed by atoms with Crippen molar-refractivity contribution in [2.45, 2.75) is 0 Å². The third kappa shape index (κ3) is 7.09. The van der Waals surface area contributed by atoms with Gasteiger partial charge in [0.25, 0.3) is 0 Å². The minimum absolute atomic E-state index is 0.184. The van der Waals surface area contributed by atoms with Crippen molar-refractivity contribution >= 4 is 34.9 Å². The summed E-state index contributed by atoms with van der Waals surface area (Å²) >= 11 is 0. The van der Waals surface area contributed by atoms with Crippen LogP contribution in [0.4, 0.5) is 34.9 Å². The first kappa shape index (κ1) is 32.2. The third-order valence-electron chi connectivity index (χ3n) is 6.40. The summed E-state index contributed by atoms with van der Waals surface area (Å²) in [6.45, 7) is 0. The van der Waals surface area contributed by atoms with Crippen LogP contribution in [0.5, 0.6) is 51.7 Å². The molecular formula is C30H36N6O9. The molecular weight excluding hydrogens is 588 g/mol. The summed E-state index contributed by atoms with van der Waals surface area (Å²) in [7, 11) is 13.8. The molecule has 0 aliphatic carbocycles. The number of nitrogens with one attached hydrogen (secondary N) is 3. The molecule has 0 fully saturated rings. The number of benzene rings is 3. The van der Waals surface area contributed by atoms with Gasteiger partial charge in [-0.3, -0.25) is 0 Å². The first-order valence-corrected chi connectivity index (χ1v) is 13.3. The number of anilines is 6. The van der Waals surface area contributed by atoms with Gasteiger partial charge < -0.3 is 58.6 Å². The molecule has 0 atom stereocenters. The number of rotatable bonds is 15. The van der Waals surface area contributed by atoms with Crippen LogP contribution in [-0.2, 0) is 0 Å². The molecule has 0 unspecified atom stereocenters. The van der Waals surface area contributed by atoms with Gasteiger partial charge in [0.05, 0.1) is 64.0 Å². The fourth-order valence-electron chi connectivity index (χ4n) is 4.39. The topological polar surface area (TPSA) is 158 Å². The van der Waals surface area contributed by atoms with Crippen LogP contribution in [0.3, 0.4) is 0 Å². The first-order chi connectivity index (χ1) is 21.8. The van der Waals surface area contributed by atoms with Crippen molar-refractivity contribution in [1.29, 1.82) is 0 Å². The van der Waals surface area contributed by atoms with Gasteiger partial charge in [-0.25, -0.2) is 0 Å². The zero-order valence-corrected chi connectivity index (χ0v) is 26.5. The van der Waals surface area contributed by atoms with E-state index in [1.54, 1.807) is 36.4 Å². The van der Waals surface area contributed by atoms with Crippen molar-refractivity contribution < 1.29 is 42.6 Å². The van der Waals surface area contributed by atoms with Gasteiger partial charge in [-0.2, -0.15) is 15.0 Å². The van der Waals surface area contributed by atoms with Crippen LogP contribution >= 0.6 is 0 Å². The summed E-state index contributed by atoms with van der Waals surface area (Å²) in [6.07, 6.45) is 0. The minimum atomic E-state index is 0.184. The lowest BCUT2D eigenvalue weighted by Gasteiger charge is -2.17. The maximum absolute atomic E-state index is 5.50. The van der Waals surface area contributed by atoms with E-state index in [0.29, 0.717) is 68.8 Å². The van der Waals surface area contributed by atoms with E-state index in [2.05, 4.69) is 30.9 Å². The highest BCUT2D eigenvalue weighted by atomic mass is 16.5. The molecule has 0 aliphatic rings. The lowest BCUT2D eigenvalue weighted by atomic mass is 10.2. The van der Waals surface area contributed by atoms with Gasteiger partial charge in [0.15, 0.2) is 34.5 Å². The third-order valence-corrected chi connectivity index (χ3v) is 6.40. The van der Waals surface area contributed by atoms with E-state index in [1.807, 2.05) is 0 Å². The van der Waals surface area contributed by atoms with Crippen LogP contribution < -0.4 is 58.6 Å². The summed E-state index contributed by atoms with van der Waals surface area (Å²) in [6, 6.07) is 10.4. The lowest BCUT2D eigenvalue weighted by Crippen LogP contribution is -2.08. The van der Waals surface area contributed by atoms with Gasteiger partial charge in [-0.15, -0.1) is 0 Å². The second-order valence-corrected chi connectivity index (χ2v) is 8.92. The molecule has 4 rings (SSSR count). The molecule has 15 nitrogen and oxygen atoms in total. The zero-order chi connectivity index (χ0) is 32.5.